The van der Waals surface area contributed by atoms with Gasteiger partial charge in [-0.3, -0.25) is 0 Å². The zero-order valence-electron chi connectivity index (χ0n) is 12.2. The molecule has 1 aliphatic heterocycles. The Morgan fingerprint density at radius 2 is 1.89 bits per heavy atom. The second kappa shape index (κ2) is 5.01. The Balaban J connectivity index is 2.13. The quantitative estimate of drug-likeness (QED) is 0.862. The van der Waals surface area contributed by atoms with Gasteiger partial charge in [-0.1, -0.05) is 12.8 Å². The number of hydrogen-bond acceptors (Lipinski definition) is 4. The lowest BCUT2D eigenvalue weighted by atomic mass is 9.78. The van der Waals surface area contributed by atoms with Gasteiger partial charge in [-0.05, 0) is 45.4 Å². The Kier molecular flexibility index (Phi) is 4.02. The normalized spacial score (nSPS) is 29.6. The van der Waals surface area contributed by atoms with E-state index in [9.17, 15) is 13.5 Å². The van der Waals surface area contributed by atoms with Gasteiger partial charge < -0.3 is 9.84 Å². The minimum atomic E-state index is -3.28. The first-order chi connectivity index (χ1) is 8.68. The average molecular weight is 290 g/mol. The lowest BCUT2D eigenvalue weighted by Crippen LogP contribution is -2.51. The highest BCUT2D eigenvalue weighted by Gasteiger charge is 2.47. The molecular weight excluding hydrogens is 264 g/mol. The van der Waals surface area contributed by atoms with E-state index in [-0.39, 0.29) is 11.5 Å². The van der Waals surface area contributed by atoms with Gasteiger partial charge in [0, 0.05) is 12.9 Å². The molecule has 2 rings (SSSR count). The molecule has 4 nitrogen and oxygen atoms in total. The summed E-state index contributed by atoms with van der Waals surface area (Å²) >= 11 is 0. The van der Waals surface area contributed by atoms with Crippen molar-refractivity contribution in [2.24, 2.45) is 5.92 Å². The minimum Gasteiger partial charge on any atom is -0.391 e. The number of ether oxygens (including phenoxy) is 1. The fourth-order valence-corrected chi connectivity index (χ4v) is 4.12. The van der Waals surface area contributed by atoms with Gasteiger partial charge in [-0.2, -0.15) is 0 Å². The Morgan fingerprint density at radius 3 is 2.42 bits per heavy atom. The molecule has 2 fully saturated rings. The highest BCUT2D eigenvalue weighted by Crippen LogP contribution is 2.44. The summed E-state index contributed by atoms with van der Waals surface area (Å²) in [7, 11) is -3.28. The number of aliphatic hydroxyl groups excluding tert-OH is 1. The first kappa shape index (κ1) is 15.3. The Labute approximate surface area is 116 Å². The van der Waals surface area contributed by atoms with Crippen LogP contribution in [0, 0.1) is 5.92 Å². The lowest BCUT2D eigenvalue weighted by molar-refractivity contribution is -0.116. The molecule has 2 unspecified atom stereocenters. The van der Waals surface area contributed by atoms with Gasteiger partial charge in [0.1, 0.15) is 0 Å². The molecule has 0 amide bonds. The van der Waals surface area contributed by atoms with Gasteiger partial charge in [0.2, 0.25) is 0 Å². The van der Waals surface area contributed by atoms with Crippen LogP contribution >= 0.6 is 0 Å². The predicted octanol–water partition coefficient (Wildman–Crippen LogP) is 1.91. The molecule has 1 heterocycles. The molecule has 1 spiro atoms. The molecular formula is C14H26O4S. The molecule has 0 radical (unpaired) electrons. The van der Waals surface area contributed by atoms with E-state index in [0.29, 0.717) is 6.61 Å². The van der Waals surface area contributed by atoms with Gasteiger partial charge in [-0.15, -0.1) is 0 Å². The van der Waals surface area contributed by atoms with Gasteiger partial charge in [0.05, 0.1) is 16.5 Å². The molecule has 1 aliphatic carbocycles. The van der Waals surface area contributed by atoms with E-state index in [4.69, 9.17) is 4.74 Å². The van der Waals surface area contributed by atoms with Gasteiger partial charge in [0.15, 0.2) is 9.84 Å². The second-order valence-corrected chi connectivity index (χ2v) is 9.41. The number of rotatable bonds is 3. The molecule has 0 aromatic heterocycles. The zero-order valence-corrected chi connectivity index (χ0v) is 13.0. The summed E-state index contributed by atoms with van der Waals surface area (Å²) in [4.78, 5) is 0. The van der Waals surface area contributed by atoms with Gasteiger partial charge in [-0.25, -0.2) is 8.42 Å². The SMILES string of the molecule is CC(C)(C(O)C1CCOC2(CCCC2)C1)S(C)(=O)=O. The topological polar surface area (TPSA) is 63.6 Å². The first-order valence-corrected chi connectivity index (χ1v) is 9.09. The summed E-state index contributed by atoms with van der Waals surface area (Å²) in [5.41, 5.74) is -0.0858. The molecule has 2 aliphatic rings. The molecule has 0 aromatic rings. The highest BCUT2D eigenvalue weighted by atomic mass is 32.2. The zero-order chi connectivity index (χ0) is 14.3. The number of aliphatic hydroxyl groups is 1. The molecule has 112 valence electrons. The third-order valence-corrected chi connectivity index (χ3v) is 7.31. The average Bonchev–Trinajstić information content (AvgIpc) is 2.74. The summed E-state index contributed by atoms with van der Waals surface area (Å²) in [6.07, 6.45) is 6.40. The van der Waals surface area contributed by atoms with Crippen molar-refractivity contribution in [3.05, 3.63) is 0 Å². The van der Waals surface area contributed by atoms with E-state index in [2.05, 4.69) is 0 Å². The first-order valence-electron chi connectivity index (χ1n) is 7.20. The van der Waals surface area contributed by atoms with Crippen molar-refractivity contribution < 1.29 is 18.3 Å². The van der Waals surface area contributed by atoms with Crippen LogP contribution in [-0.4, -0.2) is 42.8 Å². The summed E-state index contributed by atoms with van der Waals surface area (Å²) in [5, 5.41) is 10.5. The van der Waals surface area contributed by atoms with Crippen LogP contribution in [0.4, 0.5) is 0 Å². The molecule has 0 aromatic carbocycles. The maximum atomic E-state index is 11.9. The maximum Gasteiger partial charge on any atom is 0.155 e. The Bertz CT molecular complexity index is 421. The molecule has 19 heavy (non-hydrogen) atoms. The molecule has 1 saturated carbocycles. The smallest absolute Gasteiger partial charge is 0.155 e. The van der Waals surface area contributed by atoms with Crippen molar-refractivity contribution in [1.82, 2.24) is 0 Å². The predicted molar refractivity (Wildman–Crippen MR) is 74.8 cm³/mol. The molecule has 0 bridgehead atoms. The van der Waals surface area contributed by atoms with Crippen molar-refractivity contribution in [1.29, 1.82) is 0 Å². The highest BCUT2D eigenvalue weighted by molar-refractivity contribution is 7.92. The summed E-state index contributed by atoms with van der Waals surface area (Å²) in [6, 6.07) is 0. The van der Waals surface area contributed by atoms with Crippen molar-refractivity contribution >= 4 is 9.84 Å². The van der Waals surface area contributed by atoms with E-state index in [1.807, 2.05) is 0 Å². The van der Waals surface area contributed by atoms with Crippen LogP contribution in [-0.2, 0) is 14.6 Å². The third-order valence-electron chi connectivity index (χ3n) is 5.16. The third kappa shape index (κ3) is 2.83. The Hall–Kier alpha value is -0.130. The molecule has 1 saturated heterocycles. The van der Waals surface area contributed by atoms with Crippen molar-refractivity contribution in [3.8, 4) is 0 Å². The van der Waals surface area contributed by atoms with Crippen LogP contribution in [0.15, 0.2) is 0 Å². The summed E-state index contributed by atoms with van der Waals surface area (Å²) in [5.74, 6) is 0.0246. The summed E-state index contributed by atoms with van der Waals surface area (Å²) < 4.78 is 28.6. The molecule has 1 N–H and O–H groups in total. The van der Waals surface area contributed by atoms with Crippen LogP contribution in [0.2, 0.25) is 0 Å². The maximum absolute atomic E-state index is 11.9. The monoisotopic (exact) mass is 290 g/mol. The van der Waals surface area contributed by atoms with E-state index < -0.39 is 20.7 Å². The number of hydrogen-bond donors (Lipinski definition) is 1. The van der Waals surface area contributed by atoms with E-state index >= 15 is 0 Å². The van der Waals surface area contributed by atoms with Gasteiger partial charge in [0.25, 0.3) is 0 Å². The van der Waals surface area contributed by atoms with Crippen LogP contribution in [0.3, 0.4) is 0 Å². The van der Waals surface area contributed by atoms with Crippen molar-refractivity contribution in [2.75, 3.05) is 12.9 Å². The van der Waals surface area contributed by atoms with Crippen molar-refractivity contribution in [2.45, 2.75) is 68.8 Å². The minimum absolute atomic E-state index is 0.0246. The van der Waals surface area contributed by atoms with E-state index in [1.165, 1.54) is 19.1 Å². The second-order valence-electron chi connectivity index (χ2n) is 6.81. The summed E-state index contributed by atoms with van der Waals surface area (Å²) in [6.45, 7) is 3.90. The fourth-order valence-electron chi connectivity index (χ4n) is 3.49. The van der Waals surface area contributed by atoms with Gasteiger partial charge >= 0.3 is 0 Å². The Morgan fingerprint density at radius 1 is 1.32 bits per heavy atom. The van der Waals surface area contributed by atoms with Crippen LogP contribution < -0.4 is 0 Å². The standard InChI is InChI=1S/C14H26O4S/c1-13(2,19(3,16)17)12(15)11-6-9-18-14(10-11)7-4-5-8-14/h11-12,15H,4-10H2,1-3H3. The largest absolute Gasteiger partial charge is 0.391 e. The number of sulfone groups is 1. The molecule has 5 heteroatoms. The molecule has 2 atom stereocenters. The van der Waals surface area contributed by atoms with E-state index in [1.54, 1.807) is 13.8 Å². The van der Waals surface area contributed by atoms with Crippen LogP contribution in [0.5, 0.6) is 0 Å². The fraction of sp³-hybridized carbons (Fsp3) is 1.00. The lowest BCUT2D eigenvalue weighted by Gasteiger charge is -2.43. The van der Waals surface area contributed by atoms with Crippen LogP contribution in [0.25, 0.3) is 0 Å². The van der Waals surface area contributed by atoms with Crippen LogP contribution in [0.1, 0.15) is 52.4 Å². The van der Waals surface area contributed by atoms with E-state index in [0.717, 1.165) is 25.7 Å². The van der Waals surface area contributed by atoms with Crippen molar-refractivity contribution in [3.63, 3.8) is 0 Å².